The molecule has 0 unspecified atom stereocenters. The zero-order valence-electron chi connectivity index (χ0n) is 8.40. The lowest BCUT2D eigenvalue weighted by molar-refractivity contribution is 0.781. The van der Waals surface area contributed by atoms with Gasteiger partial charge in [-0.05, 0) is 6.92 Å². The van der Waals surface area contributed by atoms with E-state index >= 15 is 0 Å². The standard InChI is InChI=1S/C9H12N4S/c1-5(2)8-11-9(13-12-8)7-4-10-6(3)14-7/h4-5H,1-3H3,(H,11,12,13). The van der Waals surface area contributed by atoms with Gasteiger partial charge in [-0.2, -0.15) is 5.10 Å². The molecule has 74 valence electrons. The average Bonchev–Trinajstić information content (AvgIpc) is 2.70. The first kappa shape index (κ1) is 9.33. The maximum absolute atomic E-state index is 4.40. The van der Waals surface area contributed by atoms with Gasteiger partial charge in [-0.25, -0.2) is 9.97 Å². The summed E-state index contributed by atoms with van der Waals surface area (Å²) in [6, 6.07) is 0. The zero-order valence-corrected chi connectivity index (χ0v) is 9.22. The van der Waals surface area contributed by atoms with Crippen LogP contribution in [0.15, 0.2) is 6.20 Å². The first-order chi connectivity index (χ1) is 6.66. The lowest BCUT2D eigenvalue weighted by atomic mass is 10.2. The van der Waals surface area contributed by atoms with E-state index in [0.29, 0.717) is 5.92 Å². The van der Waals surface area contributed by atoms with E-state index in [9.17, 15) is 0 Å². The molecule has 2 rings (SSSR count). The van der Waals surface area contributed by atoms with Crippen molar-refractivity contribution in [1.29, 1.82) is 0 Å². The van der Waals surface area contributed by atoms with Crippen molar-refractivity contribution in [1.82, 2.24) is 20.2 Å². The monoisotopic (exact) mass is 208 g/mol. The number of nitrogens with zero attached hydrogens (tertiary/aromatic N) is 3. The van der Waals surface area contributed by atoms with Gasteiger partial charge in [0, 0.05) is 12.1 Å². The number of hydrogen-bond donors (Lipinski definition) is 1. The number of aromatic nitrogens is 4. The van der Waals surface area contributed by atoms with E-state index in [1.54, 1.807) is 11.3 Å². The molecule has 0 fully saturated rings. The number of aryl methyl sites for hydroxylation is 1. The van der Waals surface area contributed by atoms with Gasteiger partial charge in [-0.3, -0.25) is 5.10 Å². The molecule has 0 aliphatic heterocycles. The van der Waals surface area contributed by atoms with Gasteiger partial charge in [-0.15, -0.1) is 11.3 Å². The highest BCUT2D eigenvalue weighted by Gasteiger charge is 2.10. The smallest absolute Gasteiger partial charge is 0.192 e. The SMILES string of the molecule is Cc1ncc(-c2n[nH]c(C(C)C)n2)s1. The fourth-order valence-electron chi connectivity index (χ4n) is 1.11. The Kier molecular flexibility index (Phi) is 2.33. The largest absolute Gasteiger partial charge is 0.262 e. The summed E-state index contributed by atoms with van der Waals surface area (Å²) in [4.78, 5) is 9.59. The van der Waals surface area contributed by atoms with Crippen molar-refractivity contribution >= 4 is 11.3 Å². The molecule has 14 heavy (non-hydrogen) atoms. The number of thiazole rings is 1. The second-order valence-corrected chi connectivity index (χ2v) is 4.68. The Bertz CT molecular complexity index is 429. The van der Waals surface area contributed by atoms with Crippen LogP contribution in [0.5, 0.6) is 0 Å². The fourth-order valence-corrected chi connectivity index (χ4v) is 1.82. The van der Waals surface area contributed by atoms with Crippen LogP contribution >= 0.6 is 11.3 Å². The highest BCUT2D eigenvalue weighted by molar-refractivity contribution is 7.14. The Morgan fingerprint density at radius 3 is 2.71 bits per heavy atom. The molecule has 0 amide bonds. The number of nitrogens with one attached hydrogen (secondary N) is 1. The first-order valence-electron chi connectivity index (χ1n) is 4.52. The third-order valence-corrected chi connectivity index (χ3v) is 2.80. The molecule has 0 aliphatic rings. The van der Waals surface area contributed by atoms with Crippen molar-refractivity contribution in [2.24, 2.45) is 0 Å². The molecule has 0 saturated carbocycles. The van der Waals surface area contributed by atoms with Gasteiger partial charge in [0.15, 0.2) is 5.82 Å². The van der Waals surface area contributed by atoms with Crippen molar-refractivity contribution in [3.05, 3.63) is 17.0 Å². The molecule has 2 heterocycles. The number of hydrogen-bond acceptors (Lipinski definition) is 4. The number of aromatic amines is 1. The van der Waals surface area contributed by atoms with E-state index < -0.39 is 0 Å². The van der Waals surface area contributed by atoms with Crippen LogP contribution in [0.3, 0.4) is 0 Å². The van der Waals surface area contributed by atoms with Crippen molar-refractivity contribution in [3.63, 3.8) is 0 Å². The number of H-pyrrole nitrogens is 1. The zero-order chi connectivity index (χ0) is 10.1. The van der Waals surface area contributed by atoms with Gasteiger partial charge in [0.25, 0.3) is 0 Å². The van der Waals surface area contributed by atoms with Gasteiger partial charge >= 0.3 is 0 Å². The van der Waals surface area contributed by atoms with Crippen LogP contribution in [-0.4, -0.2) is 20.2 Å². The summed E-state index contributed by atoms with van der Waals surface area (Å²) in [5, 5.41) is 8.12. The summed E-state index contributed by atoms with van der Waals surface area (Å²) in [5.41, 5.74) is 0. The minimum Gasteiger partial charge on any atom is -0.262 e. The molecule has 0 aromatic carbocycles. The van der Waals surface area contributed by atoms with Crippen LogP contribution in [0.2, 0.25) is 0 Å². The molecule has 0 saturated heterocycles. The Hall–Kier alpha value is -1.23. The molecule has 0 radical (unpaired) electrons. The highest BCUT2D eigenvalue weighted by atomic mass is 32.1. The van der Waals surface area contributed by atoms with Gasteiger partial charge in [0.1, 0.15) is 5.82 Å². The van der Waals surface area contributed by atoms with E-state index in [4.69, 9.17) is 0 Å². The predicted octanol–water partition coefficient (Wildman–Crippen LogP) is 2.36. The molecular weight excluding hydrogens is 196 g/mol. The Morgan fingerprint density at radius 2 is 2.21 bits per heavy atom. The van der Waals surface area contributed by atoms with Crippen LogP contribution in [0, 0.1) is 6.92 Å². The molecule has 0 aliphatic carbocycles. The Balaban J connectivity index is 2.33. The lowest BCUT2D eigenvalue weighted by Gasteiger charge is -1.94. The molecule has 1 N–H and O–H groups in total. The second kappa shape index (κ2) is 3.49. The van der Waals surface area contributed by atoms with Crippen LogP contribution in [0.25, 0.3) is 10.7 Å². The van der Waals surface area contributed by atoms with Crippen LogP contribution in [0.4, 0.5) is 0 Å². The lowest BCUT2D eigenvalue weighted by Crippen LogP contribution is -1.89. The van der Waals surface area contributed by atoms with Gasteiger partial charge in [0.05, 0.1) is 9.88 Å². The summed E-state index contributed by atoms with van der Waals surface area (Å²) >= 11 is 1.61. The Labute approximate surface area is 86.4 Å². The van der Waals surface area contributed by atoms with Crippen molar-refractivity contribution in [3.8, 4) is 10.7 Å². The van der Waals surface area contributed by atoms with Crippen molar-refractivity contribution in [2.75, 3.05) is 0 Å². The van der Waals surface area contributed by atoms with E-state index in [1.165, 1.54) is 0 Å². The van der Waals surface area contributed by atoms with Gasteiger partial charge in [-0.1, -0.05) is 13.8 Å². The third kappa shape index (κ3) is 1.68. The Morgan fingerprint density at radius 1 is 1.43 bits per heavy atom. The van der Waals surface area contributed by atoms with E-state index in [0.717, 1.165) is 21.5 Å². The molecule has 0 atom stereocenters. The van der Waals surface area contributed by atoms with E-state index in [-0.39, 0.29) is 0 Å². The second-order valence-electron chi connectivity index (χ2n) is 3.44. The van der Waals surface area contributed by atoms with Crippen LogP contribution in [-0.2, 0) is 0 Å². The van der Waals surface area contributed by atoms with E-state index in [1.807, 2.05) is 13.1 Å². The third-order valence-electron chi connectivity index (χ3n) is 1.89. The molecular formula is C9H12N4S. The van der Waals surface area contributed by atoms with Crippen LogP contribution in [0.1, 0.15) is 30.6 Å². The summed E-state index contributed by atoms with van der Waals surface area (Å²) < 4.78 is 0. The minimum atomic E-state index is 0.380. The molecule has 0 spiro atoms. The van der Waals surface area contributed by atoms with Crippen molar-refractivity contribution < 1.29 is 0 Å². The molecule has 2 aromatic rings. The first-order valence-corrected chi connectivity index (χ1v) is 5.33. The topological polar surface area (TPSA) is 54.5 Å². The van der Waals surface area contributed by atoms with Crippen molar-refractivity contribution in [2.45, 2.75) is 26.7 Å². The maximum Gasteiger partial charge on any atom is 0.192 e. The summed E-state index contributed by atoms with van der Waals surface area (Å²) in [7, 11) is 0. The quantitative estimate of drug-likeness (QED) is 0.824. The van der Waals surface area contributed by atoms with Gasteiger partial charge < -0.3 is 0 Å². The number of rotatable bonds is 2. The van der Waals surface area contributed by atoms with Crippen LogP contribution < -0.4 is 0 Å². The average molecular weight is 208 g/mol. The summed E-state index contributed by atoms with van der Waals surface area (Å²) in [6.45, 7) is 6.15. The highest BCUT2D eigenvalue weighted by Crippen LogP contribution is 2.23. The molecule has 2 aromatic heterocycles. The minimum absolute atomic E-state index is 0.380. The maximum atomic E-state index is 4.40. The molecule has 4 nitrogen and oxygen atoms in total. The molecule has 0 bridgehead atoms. The van der Waals surface area contributed by atoms with Gasteiger partial charge in [0.2, 0.25) is 0 Å². The summed E-state index contributed by atoms with van der Waals surface area (Å²) in [6.07, 6.45) is 1.81. The summed E-state index contributed by atoms with van der Waals surface area (Å²) in [5.74, 6) is 2.05. The van der Waals surface area contributed by atoms with E-state index in [2.05, 4.69) is 34.0 Å². The molecule has 5 heteroatoms. The normalized spacial score (nSPS) is 11.1. The fraction of sp³-hybridized carbons (Fsp3) is 0.444. The predicted molar refractivity (Wildman–Crippen MR) is 56.3 cm³/mol.